The summed E-state index contributed by atoms with van der Waals surface area (Å²) in [5.41, 5.74) is 3.34. The lowest BCUT2D eigenvalue weighted by Crippen LogP contribution is -2.17. The molecule has 0 radical (unpaired) electrons. The molecular formula is C23H27ClN4O. The predicted molar refractivity (Wildman–Crippen MR) is 119 cm³/mol. The van der Waals surface area contributed by atoms with E-state index in [0.717, 1.165) is 36.0 Å². The van der Waals surface area contributed by atoms with Crippen molar-refractivity contribution in [1.29, 1.82) is 0 Å². The first kappa shape index (κ1) is 21.1. The number of pyridine rings is 1. The number of nitrogens with one attached hydrogen (secondary N) is 2. The van der Waals surface area contributed by atoms with Gasteiger partial charge in [0, 0.05) is 24.0 Å². The molecule has 6 heteroatoms. The number of allylic oxidation sites excluding steroid dienone is 5. The number of aliphatic imine (C=N–C) groups is 1. The molecule has 0 amide bonds. The molecule has 3 rings (SSSR count). The van der Waals surface area contributed by atoms with Crippen molar-refractivity contribution >= 4 is 24.2 Å². The lowest BCUT2D eigenvalue weighted by molar-refractivity contribution is -0.104. The highest BCUT2D eigenvalue weighted by Gasteiger charge is 2.11. The zero-order chi connectivity index (χ0) is 20.3. The maximum atomic E-state index is 11.9. The number of hydrogen-bond donors (Lipinski definition) is 2. The lowest BCUT2D eigenvalue weighted by atomic mass is 9.96. The average molecular weight is 411 g/mol. The maximum Gasteiger partial charge on any atom is 0.152 e. The van der Waals surface area contributed by atoms with Gasteiger partial charge in [0.2, 0.25) is 0 Å². The minimum absolute atomic E-state index is 0.383. The molecule has 2 aliphatic rings. The van der Waals surface area contributed by atoms with Crippen molar-refractivity contribution in [2.75, 3.05) is 6.54 Å². The molecule has 152 valence electrons. The highest BCUT2D eigenvalue weighted by Crippen LogP contribution is 2.20. The van der Waals surface area contributed by atoms with Crippen LogP contribution in [0.25, 0.3) is 0 Å². The largest absolute Gasteiger partial charge is 0.387 e. The SMILES string of the molecule is O=CC1=C(NC=NC2CCCCC2)/C=C/CN/C=C/C(Cc2ccc(Cl)nc2)=C\1. The van der Waals surface area contributed by atoms with Gasteiger partial charge in [-0.15, -0.1) is 0 Å². The summed E-state index contributed by atoms with van der Waals surface area (Å²) in [5.74, 6) is 0. The van der Waals surface area contributed by atoms with E-state index in [2.05, 4.69) is 20.6 Å². The van der Waals surface area contributed by atoms with Crippen molar-refractivity contribution in [3.63, 3.8) is 0 Å². The van der Waals surface area contributed by atoms with Crippen LogP contribution in [0.1, 0.15) is 37.7 Å². The van der Waals surface area contributed by atoms with Gasteiger partial charge in [-0.3, -0.25) is 9.79 Å². The minimum atomic E-state index is 0.383. The summed E-state index contributed by atoms with van der Waals surface area (Å²) in [7, 11) is 0. The molecule has 1 aromatic heterocycles. The standard InChI is InChI=1S/C23H27ClN4O/c24-23-9-8-19(15-26-23)13-18-10-12-25-11-4-7-22(20(14-18)16-29)28-17-27-21-5-2-1-3-6-21/h4,7-10,12,14-17,21,25H,1-3,5-6,11,13H2,(H,27,28)/b7-4+,12-10+,18-14+,22-20-. The van der Waals surface area contributed by atoms with Gasteiger partial charge in [0.05, 0.1) is 12.4 Å². The number of aromatic nitrogens is 1. The topological polar surface area (TPSA) is 66.4 Å². The number of carbonyl (C=O) groups excluding carboxylic acids is 1. The van der Waals surface area contributed by atoms with Gasteiger partial charge >= 0.3 is 0 Å². The van der Waals surface area contributed by atoms with Crippen molar-refractivity contribution in [2.24, 2.45) is 4.99 Å². The van der Waals surface area contributed by atoms with Crippen LogP contribution in [0, 0.1) is 0 Å². The lowest BCUT2D eigenvalue weighted by Gasteiger charge is -2.17. The Bertz CT molecular complexity index is 831. The number of nitrogens with zero attached hydrogens (tertiary/aromatic N) is 2. The fraction of sp³-hybridized carbons (Fsp3) is 0.348. The third kappa shape index (κ3) is 7.02. The summed E-state index contributed by atoms with van der Waals surface area (Å²) < 4.78 is 0. The fourth-order valence-electron chi connectivity index (χ4n) is 3.43. The molecule has 0 aromatic carbocycles. The van der Waals surface area contributed by atoms with Gasteiger partial charge in [0.1, 0.15) is 5.15 Å². The van der Waals surface area contributed by atoms with Crippen molar-refractivity contribution in [3.8, 4) is 0 Å². The molecule has 5 nitrogen and oxygen atoms in total. The van der Waals surface area contributed by atoms with Crippen LogP contribution in [0.4, 0.5) is 0 Å². The van der Waals surface area contributed by atoms with E-state index >= 15 is 0 Å². The van der Waals surface area contributed by atoms with Crippen LogP contribution in [-0.2, 0) is 11.2 Å². The predicted octanol–water partition coefficient (Wildman–Crippen LogP) is 4.28. The van der Waals surface area contributed by atoms with E-state index in [1.165, 1.54) is 19.3 Å². The van der Waals surface area contributed by atoms with E-state index in [1.54, 1.807) is 18.6 Å². The molecule has 29 heavy (non-hydrogen) atoms. The van der Waals surface area contributed by atoms with Crippen molar-refractivity contribution in [1.82, 2.24) is 15.6 Å². The summed E-state index contributed by atoms with van der Waals surface area (Å²) in [6, 6.07) is 4.09. The Balaban J connectivity index is 1.81. The molecule has 2 N–H and O–H groups in total. The summed E-state index contributed by atoms with van der Waals surface area (Å²) in [4.78, 5) is 20.6. The Labute approximate surface area is 177 Å². The van der Waals surface area contributed by atoms with Crippen molar-refractivity contribution in [2.45, 2.75) is 44.6 Å². The molecule has 1 saturated carbocycles. The Morgan fingerprint density at radius 2 is 2.10 bits per heavy atom. The molecule has 0 atom stereocenters. The molecular weight excluding hydrogens is 384 g/mol. The molecule has 1 aliphatic carbocycles. The zero-order valence-corrected chi connectivity index (χ0v) is 17.2. The Morgan fingerprint density at radius 3 is 2.86 bits per heavy atom. The second-order valence-electron chi connectivity index (χ2n) is 7.23. The van der Waals surface area contributed by atoms with Crippen LogP contribution in [0.2, 0.25) is 5.15 Å². The number of aldehydes is 1. The highest BCUT2D eigenvalue weighted by molar-refractivity contribution is 6.29. The summed E-state index contributed by atoms with van der Waals surface area (Å²) in [6.07, 6.45) is 20.8. The maximum absolute atomic E-state index is 11.9. The summed E-state index contributed by atoms with van der Waals surface area (Å²) in [5, 5.41) is 6.91. The van der Waals surface area contributed by atoms with E-state index in [9.17, 15) is 4.79 Å². The highest BCUT2D eigenvalue weighted by atomic mass is 35.5. The fourth-order valence-corrected chi connectivity index (χ4v) is 3.54. The first-order valence-electron chi connectivity index (χ1n) is 10.1. The molecule has 2 heterocycles. The van der Waals surface area contributed by atoms with Crippen LogP contribution in [0.3, 0.4) is 0 Å². The van der Waals surface area contributed by atoms with E-state index in [0.29, 0.717) is 29.7 Å². The monoisotopic (exact) mass is 410 g/mol. The summed E-state index contributed by atoms with van der Waals surface area (Å²) in [6.45, 7) is 0.670. The second-order valence-corrected chi connectivity index (χ2v) is 7.62. The molecule has 0 spiro atoms. The van der Waals surface area contributed by atoms with Gasteiger partial charge in [-0.1, -0.05) is 43.0 Å². The molecule has 0 unspecified atom stereocenters. The van der Waals surface area contributed by atoms with Gasteiger partial charge in [0.25, 0.3) is 0 Å². The van der Waals surface area contributed by atoms with Gasteiger partial charge in [0.15, 0.2) is 6.29 Å². The van der Waals surface area contributed by atoms with E-state index in [-0.39, 0.29) is 0 Å². The second kappa shape index (κ2) is 11.4. The van der Waals surface area contributed by atoms with Crippen molar-refractivity contribution in [3.05, 3.63) is 76.4 Å². The first-order chi connectivity index (χ1) is 14.2. The van der Waals surface area contributed by atoms with Crippen LogP contribution >= 0.6 is 11.6 Å². The van der Waals surface area contributed by atoms with Crippen LogP contribution in [0.15, 0.2) is 70.7 Å². The molecule has 1 aliphatic heterocycles. The average Bonchev–Trinajstić information content (AvgIpc) is 2.75. The van der Waals surface area contributed by atoms with Crippen LogP contribution in [-0.4, -0.2) is 30.2 Å². The Morgan fingerprint density at radius 1 is 1.24 bits per heavy atom. The van der Waals surface area contributed by atoms with E-state index in [4.69, 9.17) is 11.6 Å². The summed E-state index contributed by atoms with van der Waals surface area (Å²) >= 11 is 5.88. The Hall–Kier alpha value is -2.66. The number of rotatable bonds is 6. The van der Waals surface area contributed by atoms with Crippen LogP contribution in [0.5, 0.6) is 0 Å². The molecule has 0 saturated heterocycles. The third-order valence-electron chi connectivity index (χ3n) is 4.99. The van der Waals surface area contributed by atoms with Gasteiger partial charge < -0.3 is 10.6 Å². The van der Waals surface area contributed by atoms with E-state index in [1.807, 2.05) is 36.6 Å². The Kier molecular flexibility index (Phi) is 8.25. The molecule has 1 fully saturated rings. The first-order valence-corrected chi connectivity index (χ1v) is 10.5. The molecule has 1 aromatic rings. The van der Waals surface area contributed by atoms with E-state index < -0.39 is 0 Å². The normalized spacial score (nSPS) is 24.9. The zero-order valence-electron chi connectivity index (χ0n) is 16.5. The number of carbonyl (C=O) groups is 1. The number of hydrogen-bond acceptors (Lipinski definition) is 4. The van der Waals surface area contributed by atoms with Gasteiger partial charge in [-0.05, 0) is 60.9 Å². The quantitative estimate of drug-likeness (QED) is 0.318. The molecule has 0 bridgehead atoms. The smallest absolute Gasteiger partial charge is 0.152 e. The van der Waals surface area contributed by atoms with Crippen LogP contribution < -0.4 is 10.6 Å². The van der Waals surface area contributed by atoms with Gasteiger partial charge in [-0.25, -0.2) is 4.98 Å². The minimum Gasteiger partial charge on any atom is -0.387 e. The number of halogens is 1. The van der Waals surface area contributed by atoms with Crippen molar-refractivity contribution < 1.29 is 4.79 Å². The third-order valence-corrected chi connectivity index (χ3v) is 5.21. The van der Waals surface area contributed by atoms with Gasteiger partial charge in [-0.2, -0.15) is 0 Å².